The highest BCUT2D eigenvalue weighted by Crippen LogP contribution is 2.39. The van der Waals surface area contributed by atoms with Crippen LogP contribution in [-0.4, -0.2) is 29.3 Å². The van der Waals surface area contributed by atoms with E-state index in [1.54, 1.807) is 6.07 Å². The Morgan fingerprint density at radius 3 is 2.36 bits per heavy atom. The van der Waals surface area contributed by atoms with Gasteiger partial charge in [-0.25, -0.2) is 9.59 Å². The largest absolute Gasteiger partial charge is 0.480 e. The summed E-state index contributed by atoms with van der Waals surface area (Å²) in [5.74, 6) is -0.355. The number of carbonyl (C=O) groups excluding carboxylic acids is 1. The number of hydrogen-bond donors (Lipinski definition) is 1. The molecule has 3 rings (SSSR count). The number of fused-ring (bicyclic) bond motifs is 1. The molecule has 0 bridgehead atoms. The summed E-state index contributed by atoms with van der Waals surface area (Å²) in [6.45, 7) is 6.76. The number of hydrogen-bond acceptors (Lipinski definition) is 3. The minimum absolute atomic E-state index is 0.117. The first kappa shape index (κ1) is 17.8. The van der Waals surface area contributed by atoms with Crippen LogP contribution in [0.25, 0.3) is 0 Å². The van der Waals surface area contributed by atoms with Gasteiger partial charge >= 0.3 is 12.1 Å². The number of aliphatic carboxylic acids is 1. The van der Waals surface area contributed by atoms with Crippen LogP contribution in [0.3, 0.4) is 0 Å². The van der Waals surface area contributed by atoms with Gasteiger partial charge in [0.25, 0.3) is 0 Å². The standard InChI is InChI=1S/C20H27NO4/c1-20(2,3)14-8-10-15(11-9-14)25-19(24)21-16-7-5-4-6-13(16)12-17(21)18(22)23/h4-7,14-15,17H,8-12H2,1-3H3,(H,22,23)/t14?,15?,17-/m1/s1. The lowest BCUT2D eigenvalue weighted by Gasteiger charge is -2.37. The Bertz CT molecular complexity index is 656. The van der Waals surface area contributed by atoms with Crippen LogP contribution in [0.4, 0.5) is 10.5 Å². The van der Waals surface area contributed by atoms with Gasteiger partial charge < -0.3 is 9.84 Å². The highest BCUT2D eigenvalue weighted by Gasteiger charge is 2.40. The van der Waals surface area contributed by atoms with Gasteiger partial charge in [-0.1, -0.05) is 39.0 Å². The Hall–Kier alpha value is -2.04. The zero-order valence-corrected chi connectivity index (χ0v) is 15.2. The summed E-state index contributed by atoms with van der Waals surface area (Å²) in [5, 5.41) is 9.49. The maximum Gasteiger partial charge on any atom is 0.415 e. The van der Waals surface area contributed by atoms with E-state index < -0.39 is 18.1 Å². The summed E-state index contributed by atoms with van der Waals surface area (Å²) in [6, 6.07) is 6.46. The first-order chi connectivity index (χ1) is 11.8. The number of para-hydroxylation sites is 1. The SMILES string of the molecule is CC(C)(C)C1CCC(OC(=O)N2c3ccccc3C[C@@H]2C(=O)O)CC1. The van der Waals surface area contributed by atoms with Crippen molar-refractivity contribution in [3.05, 3.63) is 29.8 Å². The summed E-state index contributed by atoms with van der Waals surface area (Å²) in [4.78, 5) is 25.6. The summed E-state index contributed by atoms with van der Waals surface area (Å²) in [5.41, 5.74) is 1.81. The van der Waals surface area contributed by atoms with Gasteiger partial charge in [-0.2, -0.15) is 0 Å². The quantitative estimate of drug-likeness (QED) is 0.870. The second-order valence-electron chi connectivity index (χ2n) is 8.28. The number of anilines is 1. The van der Waals surface area contributed by atoms with Crippen molar-refractivity contribution in [3.63, 3.8) is 0 Å². The van der Waals surface area contributed by atoms with E-state index in [0.717, 1.165) is 31.2 Å². The molecule has 5 heteroatoms. The molecule has 1 atom stereocenters. The average Bonchev–Trinajstić information content (AvgIpc) is 2.94. The third-order valence-corrected chi connectivity index (χ3v) is 5.62. The summed E-state index contributed by atoms with van der Waals surface area (Å²) < 4.78 is 5.70. The molecule has 0 spiro atoms. The smallest absolute Gasteiger partial charge is 0.415 e. The van der Waals surface area contributed by atoms with Crippen molar-refractivity contribution in [2.24, 2.45) is 11.3 Å². The van der Waals surface area contributed by atoms with Crippen LogP contribution in [0.2, 0.25) is 0 Å². The lowest BCUT2D eigenvalue weighted by molar-refractivity contribution is -0.138. The highest BCUT2D eigenvalue weighted by molar-refractivity contribution is 5.98. The zero-order chi connectivity index (χ0) is 18.2. The van der Waals surface area contributed by atoms with E-state index in [2.05, 4.69) is 20.8 Å². The van der Waals surface area contributed by atoms with Crippen LogP contribution in [0.15, 0.2) is 24.3 Å². The molecule has 25 heavy (non-hydrogen) atoms. The van der Waals surface area contributed by atoms with Gasteiger partial charge in [0.1, 0.15) is 12.1 Å². The number of carbonyl (C=O) groups is 2. The lowest BCUT2D eigenvalue weighted by atomic mass is 9.72. The van der Waals surface area contributed by atoms with E-state index in [1.165, 1.54) is 4.90 Å². The number of rotatable bonds is 2. The number of ether oxygens (including phenoxy) is 1. The van der Waals surface area contributed by atoms with Crippen molar-refractivity contribution < 1.29 is 19.4 Å². The van der Waals surface area contributed by atoms with Gasteiger partial charge in [0.05, 0.1) is 5.69 Å². The van der Waals surface area contributed by atoms with Crippen LogP contribution >= 0.6 is 0 Å². The summed E-state index contributed by atoms with van der Waals surface area (Å²) in [6.07, 6.45) is 3.46. The molecule has 0 unspecified atom stereocenters. The fourth-order valence-electron chi connectivity index (χ4n) is 4.06. The molecular formula is C20H27NO4. The van der Waals surface area contributed by atoms with Crippen LogP contribution in [0.5, 0.6) is 0 Å². The Kier molecular flexibility index (Phi) is 4.76. The maximum atomic E-state index is 12.7. The molecule has 1 aliphatic heterocycles. The van der Waals surface area contributed by atoms with Crippen molar-refractivity contribution in [2.75, 3.05) is 4.90 Å². The van der Waals surface area contributed by atoms with Gasteiger partial charge in [0, 0.05) is 6.42 Å². The van der Waals surface area contributed by atoms with E-state index in [0.29, 0.717) is 18.0 Å². The first-order valence-corrected chi connectivity index (χ1v) is 9.08. The van der Waals surface area contributed by atoms with Gasteiger partial charge in [-0.05, 0) is 48.6 Å². The molecule has 0 saturated heterocycles. The second-order valence-corrected chi connectivity index (χ2v) is 8.28. The van der Waals surface area contributed by atoms with E-state index in [-0.39, 0.29) is 11.5 Å². The molecule has 5 nitrogen and oxygen atoms in total. The number of carboxylic acid groups (broad SMARTS) is 1. The topological polar surface area (TPSA) is 66.8 Å². The zero-order valence-electron chi connectivity index (χ0n) is 15.2. The molecule has 2 aliphatic rings. The normalized spacial score (nSPS) is 26.2. The lowest BCUT2D eigenvalue weighted by Crippen LogP contribution is -2.44. The number of nitrogens with zero attached hydrogens (tertiary/aromatic N) is 1. The van der Waals surface area contributed by atoms with Crippen LogP contribution in [0, 0.1) is 11.3 Å². The Morgan fingerprint density at radius 1 is 1.12 bits per heavy atom. The fourth-order valence-corrected chi connectivity index (χ4v) is 4.06. The number of benzene rings is 1. The van der Waals surface area contributed by atoms with E-state index in [1.807, 2.05) is 18.2 Å². The van der Waals surface area contributed by atoms with Crippen molar-refractivity contribution >= 4 is 17.7 Å². The Balaban J connectivity index is 1.67. The Labute approximate surface area is 149 Å². The minimum Gasteiger partial charge on any atom is -0.480 e. The van der Waals surface area contributed by atoms with E-state index >= 15 is 0 Å². The van der Waals surface area contributed by atoms with E-state index in [9.17, 15) is 14.7 Å². The molecule has 1 saturated carbocycles. The molecule has 1 fully saturated rings. The van der Waals surface area contributed by atoms with Crippen molar-refractivity contribution in [2.45, 2.75) is 65.0 Å². The maximum absolute atomic E-state index is 12.7. The van der Waals surface area contributed by atoms with E-state index in [4.69, 9.17) is 4.74 Å². The fraction of sp³-hybridized carbons (Fsp3) is 0.600. The molecular weight excluding hydrogens is 318 g/mol. The monoisotopic (exact) mass is 345 g/mol. The highest BCUT2D eigenvalue weighted by atomic mass is 16.6. The molecule has 0 radical (unpaired) electrons. The molecule has 1 heterocycles. The minimum atomic E-state index is -0.996. The predicted molar refractivity (Wildman–Crippen MR) is 95.7 cm³/mol. The second kappa shape index (κ2) is 6.70. The predicted octanol–water partition coefficient (Wildman–Crippen LogP) is 4.24. The molecule has 1 amide bonds. The van der Waals surface area contributed by atoms with Gasteiger partial charge in [0.2, 0.25) is 0 Å². The first-order valence-electron chi connectivity index (χ1n) is 9.08. The van der Waals surface area contributed by atoms with Crippen molar-refractivity contribution in [1.29, 1.82) is 0 Å². The number of amides is 1. The molecule has 0 aromatic heterocycles. The van der Waals surface area contributed by atoms with Crippen molar-refractivity contribution in [3.8, 4) is 0 Å². The average molecular weight is 345 g/mol. The van der Waals surface area contributed by atoms with Crippen LogP contribution in [-0.2, 0) is 16.0 Å². The third kappa shape index (κ3) is 3.65. The Morgan fingerprint density at radius 2 is 1.76 bits per heavy atom. The summed E-state index contributed by atoms with van der Waals surface area (Å²) >= 11 is 0. The van der Waals surface area contributed by atoms with Gasteiger partial charge in [-0.3, -0.25) is 4.90 Å². The molecule has 1 N–H and O–H groups in total. The van der Waals surface area contributed by atoms with Crippen molar-refractivity contribution in [1.82, 2.24) is 0 Å². The molecule has 1 aromatic rings. The molecule has 1 aromatic carbocycles. The molecule has 1 aliphatic carbocycles. The van der Waals surface area contributed by atoms with Crippen LogP contribution in [0.1, 0.15) is 52.0 Å². The third-order valence-electron chi connectivity index (χ3n) is 5.62. The summed E-state index contributed by atoms with van der Waals surface area (Å²) in [7, 11) is 0. The van der Waals surface area contributed by atoms with Gasteiger partial charge in [0.15, 0.2) is 0 Å². The number of carboxylic acids is 1. The van der Waals surface area contributed by atoms with Crippen LogP contribution < -0.4 is 4.90 Å². The van der Waals surface area contributed by atoms with Gasteiger partial charge in [-0.15, -0.1) is 0 Å². The molecule has 136 valence electrons.